The molecule has 0 aliphatic heterocycles. The van der Waals surface area contributed by atoms with Gasteiger partial charge in [-0.15, -0.1) is 0 Å². The third-order valence-corrected chi connectivity index (χ3v) is 4.10. The highest BCUT2D eigenvalue weighted by atomic mass is 35.5. The standard InChI is InChI=1S/C16H9Cl2F3O4/c17-12-5-9(16(19,20)21)6-13(18)11(12)3-7-1-2-8(14(22)23)4-10(7)15(24)25/h1-2,4-6H,3H2,(H,22,23)(H,24,25). The number of rotatable bonds is 4. The van der Waals surface area contributed by atoms with E-state index in [9.17, 15) is 27.9 Å². The number of hydrogen-bond acceptors (Lipinski definition) is 2. The van der Waals surface area contributed by atoms with Crippen molar-refractivity contribution >= 4 is 35.1 Å². The first-order valence-electron chi connectivity index (χ1n) is 6.65. The molecule has 2 aromatic carbocycles. The Morgan fingerprint density at radius 2 is 1.52 bits per heavy atom. The summed E-state index contributed by atoms with van der Waals surface area (Å²) >= 11 is 11.8. The van der Waals surface area contributed by atoms with Gasteiger partial charge in [-0.2, -0.15) is 13.2 Å². The van der Waals surface area contributed by atoms with Crippen LogP contribution < -0.4 is 0 Å². The van der Waals surface area contributed by atoms with E-state index in [0.29, 0.717) is 12.1 Å². The summed E-state index contributed by atoms with van der Waals surface area (Å²) in [5.74, 6) is -2.68. The topological polar surface area (TPSA) is 74.6 Å². The first-order valence-corrected chi connectivity index (χ1v) is 7.41. The number of hydrogen-bond donors (Lipinski definition) is 2. The summed E-state index contributed by atoms with van der Waals surface area (Å²) < 4.78 is 38.2. The molecule has 2 aromatic rings. The van der Waals surface area contributed by atoms with Crippen LogP contribution in [0.5, 0.6) is 0 Å². The molecular weight excluding hydrogens is 384 g/mol. The van der Waals surface area contributed by atoms with Gasteiger partial charge >= 0.3 is 18.1 Å². The van der Waals surface area contributed by atoms with Gasteiger partial charge in [0.05, 0.1) is 16.7 Å². The van der Waals surface area contributed by atoms with Crippen LogP contribution in [0.3, 0.4) is 0 Å². The number of halogens is 5. The van der Waals surface area contributed by atoms with Gasteiger partial charge in [0.15, 0.2) is 0 Å². The number of carboxylic acids is 2. The van der Waals surface area contributed by atoms with Gasteiger partial charge in [-0.25, -0.2) is 9.59 Å². The fourth-order valence-electron chi connectivity index (χ4n) is 2.19. The van der Waals surface area contributed by atoms with E-state index in [1.54, 1.807) is 0 Å². The second-order valence-electron chi connectivity index (χ2n) is 5.08. The fourth-order valence-corrected chi connectivity index (χ4v) is 2.81. The average molecular weight is 393 g/mol. The van der Waals surface area contributed by atoms with Crippen LogP contribution in [0.1, 0.15) is 37.4 Å². The zero-order valence-corrected chi connectivity index (χ0v) is 13.7. The quantitative estimate of drug-likeness (QED) is 0.767. The smallest absolute Gasteiger partial charge is 0.416 e. The molecule has 4 nitrogen and oxygen atoms in total. The summed E-state index contributed by atoms with van der Waals surface area (Å²) in [5, 5.41) is 17.6. The molecule has 0 saturated carbocycles. The molecule has 9 heteroatoms. The predicted octanol–water partition coefficient (Wildman–Crippen LogP) is 5.00. The van der Waals surface area contributed by atoms with Crippen molar-refractivity contribution in [3.63, 3.8) is 0 Å². The number of benzene rings is 2. The Morgan fingerprint density at radius 1 is 0.960 bits per heavy atom. The molecule has 0 fully saturated rings. The normalized spacial score (nSPS) is 11.4. The minimum Gasteiger partial charge on any atom is -0.478 e. The summed E-state index contributed by atoms with van der Waals surface area (Å²) in [7, 11) is 0. The van der Waals surface area contributed by atoms with E-state index >= 15 is 0 Å². The Kier molecular flexibility index (Phi) is 5.29. The molecule has 0 heterocycles. The second-order valence-corrected chi connectivity index (χ2v) is 5.89. The monoisotopic (exact) mass is 392 g/mol. The second kappa shape index (κ2) is 6.93. The van der Waals surface area contributed by atoms with Gasteiger partial charge in [0.2, 0.25) is 0 Å². The van der Waals surface area contributed by atoms with Crippen LogP contribution in [0, 0.1) is 0 Å². The molecule has 25 heavy (non-hydrogen) atoms. The molecule has 0 aromatic heterocycles. The van der Waals surface area contributed by atoms with Crippen molar-refractivity contribution in [1.82, 2.24) is 0 Å². The lowest BCUT2D eigenvalue weighted by atomic mass is 9.97. The van der Waals surface area contributed by atoms with Gasteiger partial charge in [0.25, 0.3) is 0 Å². The molecule has 2 rings (SSSR count). The van der Waals surface area contributed by atoms with Crippen molar-refractivity contribution in [1.29, 1.82) is 0 Å². The Bertz CT molecular complexity index is 840. The van der Waals surface area contributed by atoms with Crippen molar-refractivity contribution in [3.05, 3.63) is 68.2 Å². The van der Waals surface area contributed by atoms with Gasteiger partial charge < -0.3 is 10.2 Å². The first kappa shape index (κ1) is 19.1. The van der Waals surface area contributed by atoms with E-state index < -0.39 is 23.7 Å². The van der Waals surface area contributed by atoms with Crippen LogP contribution >= 0.6 is 23.2 Å². The summed E-state index contributed by atoms with van der Waals surface area (Å²) in [6, 6.07) is 4.82. The molecule has 0 unspecified atom stereocenters. The Balaban J connectivity index is 2.50. The zero-order chi connectivity index (χ0) is 18.9. The van der Waals surface area contributed by atoms with Gasteiger partial charge in [0, 0.05) is 16.5 Å². The van der Waals surface area contributed by atoms with Crippen molar-refractivity contribution in [3.8, 4) is 0 Å². The third kappa shape index (κ3) is 4.24. The van der Waals surface area contributed by atoms with E-state index in [2.05, 4.69) is 0 Å². The minimum absolute atomic E-state index is 0.113. The van der Waals surface area contributed by atoms with E-state index in [-0.39, 0.29) is 38.7 Å². The van der Waals surface area contributed by atoms with Crippen LogP contribution in [0.4, 0.5) is 13.2 Å². The maximum atomic E-state index is 12.7. The van der Waals surface area contributed by atoms with Gasteiger partial charge in [-0.1, -0.05) is 29.3 Å². The zero-order valence-electron chi connectivity index (χ0n) is 12.2. The van der Waals surface area contributed by atoms with Crippen molar-refractivity contribution in [2.24, 2.45) is 0 Å². The third-order valence-electron chi connectivity index (χ3n) is 3.42. The molecule has 0 aliphatic rings. The van der Waals surface area contributed by atoms with Crippen molar-refractivity contribution in [2.45, 2.75) is 12.6 Å². The highest BCUT2D eigenvalue weighted by Crippen LogP contribution is 2.37. The molecule has 132 valence electrons. The molecule has 2 N–H and O–H groups in total. The van der Waals surface area contributed by atoms with Gasteiger partial charge in [-0.05, 0) is 35.4 Å². The Morgan fingerprint density at radius 3 is 1.96 bits per heavy atom. The maximum Gasteiger partial charge on any atom is 0.416 e. The predicted molar refractivity (Wildman–Crippen MR) is 84.6 cm³/mol. The minimum atomic E-state index is -4.62. The van der Waals surface area contributed by atoms with E-state index in [1.165, 1.54) is 12.1 Å². The van der Waals surface area contributed by atoms with E-state index in [1.807, 2.05) is 0 Å². The molecule has 0 amide bonds. The number of carbonyl (C=O) groups is 2. The molecule has 0 spiro atoms. The molecule has 0 radical (unpaired) electrons. The Hall–Kier alpha value is -2.25. The first-order chi connectivity index (χ1) is 11.5. The summed E-state index contributed by atoms with van der Waals surface area (Å²) in [6.07, 6.45) is -4.79. The number of aromatic carboxylic acids is 2. The largest absolute Gasteiger partial charge is 0.478 e. The lowest BCUT2D eigenvalue weighted by Gasteiger charge is -2.14. The molecular formula is C16H9Cl2F3O4. The lowest BCUT2D eigenvalue weighted by molar-refractivity contribution is -0.137. The maximum absolute atomic E-state index is 12.7. The van der Waals surface area contributed by atoms with Crippen LogP contribution in [0.25, 0.3) is 0 Å². The highest BCUT2D eigenvalue weighted by molar-refractivity contribution is 6.36. The van der Waals surface area contributed by atoms with E-state index in [4.69, 9.17) is 28.3 Å². The van der Waals surface area contributed by atoms with Crippen LogP contribution in [0.2, 0.25) is 10.0 Å². The van der Waals surface area contributed by atoms with Crippen molar-refractivity contribution < 1.29 is 33.0 Å². The molecule has 0 atom stereocenters. The summed E-state index contributed by atoms with van der Waals surface area (Å²) in [6.45, 7) is 0. The van der Waals surface area contributed by atoms with Gasteiger partial charge in [-0.3, -0.25) is 0 Å². The molecule has 0 aliphatic carbocycles. The lowest BCUT2D eigenvalue weighted by Crippen LogP contribution is -2.08. The van der Waals surface area contributed by atoms with Crippen molar-refractivity contribution in [2.75, 3.05) is 0 Å². The summed E-state index contributed by atoms with van der Waals surface area (Å²) in [4.78, 5) is 22.3. The average Bonchev–Trinajstić information content (AvgIpc) is 2.49. The molecule has 0 saturated heterocycles. The SMILES string of the molecule is O=C(O)c1ccc(Cc2c(Cl)cc(C(F)(F)F)cc2Cl)c(C(=O)O)c1. The fraction of sp³-hybridized carbons (Fsp3) is 0.125. The van der Waals surface area contributed by atoms with Crippen LogP contribution in [-0.4, -0.2) is 22.2 Å². The van der Waals surface area contributed by atoms with Crippen LogP contribution in [0.15, 0.2) is 30.3 Å². The Labute approximate surface area is 149 Å². The van der Waals surface area contributed by atoms with Gasteiger partial charge in [0.1, 0.15) is 0 Å². The number of alkyl halides is 3. The van der Waals surface area contributed by atoms with E-state index in [0.717, 1.165) is 6.07 Å². The highest BCUT2D eigenvalue weighted by Gasteiger charge is 2.32. The van der Waals surface area contributed by atoms with Crippen LogP contribution in [-0.2, 0) is 12.6 Å². The molecule has 0 bridgehead atoms. The summed E-state index contributed by atoms with van der Waals surface area (Å²) in [5.41, 5.74) is -1.27. The number of carboxylic acid groups (broad SMARTS) is 2.